The number of H-pyrrole nitrogens is 1. The number of carbonyl (C=O) groups is 1. The van der Waals surface area contributed by atoms with Crippen molar-refractivity contribution >= 4 is 23.1 Å². The molecule has 1 aliphatic rings. The number of aromatic amines is 1. The minimum Gasteiger partial charge on any atom is -0.372 e. The topological polar surface area (TPSA) is 116 Å². The van der Waals surface area contributed by atoms with Gasteiger partial charge in [0, 0.05) is 49.2 Å². The van der Waals surface area contributed by atoms with Gasteiger partial charge in [-0.25, -0.2) is 4.98 Å². The lowest BCUT2D eigenvalue weighted by atomic mass is 10.1. The van der Waals surface area contributed by atoms with Crippen LogP contribution in [0.2, 0.25) is 0 Å². The molecule has 2 aromatic heterocycles. The number of pyridine rings is 2. The summed E-state index contributed by atoms with van der Waals surface area (Å²) >= 11 is 0. The summed E-state index contributed by atoms with van der Waals surface area (Å²) in [5, 5.41) is 5.86. The van der Waals surface area contributed by atoms with Gasteiger partial charge < -0.3 is 26.3 Å². The summed E-state index contributed by atoms with van der Waals surface area (Å²) in [5.41, 5.74) is 8.32. The Morgan fingerprint density at radius 1 is 1.09 bits per heavy atom. The van der Waals surface area contributed by atoms with E-state index in [4.69, 9.17) is 5.73 Å². The highest BCUT2D eigenvalue weighted by atomic mass is 16.2. The average Bonchev–Trinajstić information content (AvgIpc) is 2.85. The zero-order valence-electron chi connectivity index (χ0n) is 17.9. The van der Waals surface area contributed by atoms with E-state index in [0.29, 0.717) is 35.7 Å². The summed E-state index contributed by atoms with van der Waals surface area (Å²) in [5.74, 6) is 0.364. The van der Waals surface area contributed by atoms with Crippen molar-refractivity contribution in [2.45, 2.75) is 19.3 Å². The van der Waals surface area contributed by atoms with Crippen molar-refractivity contribution in [2.75, 3.05) is 41.7 Å². The fraction of sp³-hybridized carbons (Fsp3) is 0.292. The van der Waals surface area contributed by atoms with E-state index in [9.17, 15) is 9.59 Å². The Balaban J connectivity index is 1.49. The first-order valence-corrected chi connectivity index (χ1v) is 10.9. The summed E-state index contributed by atoms with van der Waals surface area (Å²) in [6.07, 6.45) is 5.25. The van der Waals surface area contributed by atoms with Crippen molar-refractivity contribution in [2.24, 2.45) is 5.73 Å². The molecule has 1 fully saturated rings. The van der Waals surface area contributed by atoms with E-state index < -0.39 is 0 Å². The molecule has 8 heteroatoms. The number of carbonyl (C=O) groups excluding carboxylic acids is 1. The van der Waals surface area contributed by atoms with E-state index in [-0.39, 0.29) is 17.2 Å². The summed E-state index contributed by atoms with van der Waals surface area (Å²) < 4.78 is 0. The first-order chi connectivity index (χ1) is 15.6. The normalized spacial score (nSPS) is 13.6. The van der Waals surface area contributed by atoms with Crippen LogP contribution in [0, 0.1) is 0 Å². The van der Waals surface area contributed by atoms with Crippen LogP contribution in [0.4, 0.5) is 17.2 Å². The lowest BCUT2D eigenvalue weighted by molar-refractivity contribution is 0.102. The molecule has 0 radical (unpaired) electrons. The van der Waals surface area contributed by atoms with E-state index in [1.54, 1.807) is 24.4 Å². The van der Waals surface area contributed by atoms with Gasteiger partial charge in [0.05, 0.1) is 5.69 Å². The standard InChI is InChI=1S/C24H28N6O2/c25-11-12-26-22-6-4-5-20(28-22)18-15-21(24(32)27-16-18)29-23(31)17-7-9-19(10-8-17)30-13-2-1-3-14-30/h4-10,15-16H,1-3,11-14,25H2,(H,26,28)(H,27,32)(H,29,31). The molecule has 0 saturated carbocycles. The Morgan fingerprint density at radius 3 is 2.62 bits per heavy atom. The Morgan fingerprint density at radius 2 is 1.88 bits per heavy atom. The van der Waals surface area contributed by atoms with Gasteiger partial charge in [-0.15, -0.1) is 0 Å². The second-order valence-corrected chi connectivity index (χ2v) is 7.80. The van der Waals surface area contributed by atoms with Crippen LogP contribution < -0.4 is 26.8 Å². The third kappa shape index (κ3) is 5.15. The predicted octanol–water partition coefficient (Wildman–Crippen LogP) is 3.05. The van der Waals surface area contributed by atoms with E-state index in [0.717, 1.165) is 18.8 Å². The quantitative estimate of drug-likeness (QED) is 0.456. The monoisotopic (exact) mass is 432 g/mol. The molecular formula is C24H28N6O2. The molecule has 166 valence electrons. The molecule has 1 aliphatic heterocycles. The van der Waals surface area contributed by atoms with Gasteiger partial charge >= 0.3 is 0 Å². The number of benzene rings is 1. The van der Waals surface area contributed by atoms with E-state index in [1.807, 2.05) is 30.3 Å². The van der Waals surface area contributed by atoms with Crippen molar-refractivity contribution in [3.05, 3.63) is 70.6 Å². The zero-order valence-corrected chi connectivity index (χ0v) is 17.9. The second-order valence-electron chi connectivity index (χ2n) is 7.80. The maximum Gasteiger partial charge on any atom is 0.271 e. The summed E-state index contributed by atoms with van der Waals surface area (Å²) in [6, 6.07) is 14.7. The van der Waals surface area contributed by atoms with Crippen LogP contribution in [-0.2, 0) is 0 Å². The zero-order chi connectivity index (χ0) is 22.3. The molecule has 0 unspecified atom stereocenters. The number of amides is 1. The summed E-state index contributed by atoms with van der Waals surface area (Å²) in [6.45, 7) is 3.20. The first kappa shape index (κ1) is 21.6. The van der Waals surface area contributed by atoms with E-state index >= 15 is 0 Å². The predicted molar refractivity (Wildman–Crippen MR) is 128 cm³/mol. The molecule has 0 bridgehead atoms. The fourth-order valence-corrected chi connectivity index (χ4v) is 3.79. The molecule has 1 amide bonds. The van der Waals surface area contributed by atoms with Gasteiger partial charge in [-0.3, -0.25) is 9.59 Å². The lowest BCUT2D eigenvalue weighted by Gasteiger charge is -2.28. The van der Waals surface area contributed by atoms with E-state index in [1.165, 1.54) is 19.3 Å². The fourth-order valence-electron chi connectivity index (χ4n) is 3.79. The first-order valence-electron chi connectivity index (χ1n) is 10.9. The SMILES string of the molecule is NCCNc1cccc(-c2c[nH]c(=O)c(NC(=O)c3ccc(N4CCCCC4)cc3)c2)n1. The summed E-state index contributed by atoms with van der Waals surface area (Å²) in [4.78, 5) is 34.6. The Bertz CT molecular complexity index is 1120. The van der Waals surface area contributed by atoms with Gasteiger partial charge in [-0.05, 0) is 61.7 Å². The second kappa shape index (κ2) is 10.1. The molecule has 8 nitrogen and oxygen atoms in total. The molecular weight excluding hydrogens is 404 g/mol. The number of aromatic nitrogens is 2. The lowest BCUT2D eigenvalue weighted by Crippen LogP contribution is -2.29. The molecule has 3 heterocycles. The van der Waals surface area contributed by atoms with E-state index in [2.05, 4.69) is 25.5 Å². The number of nitrogens with two attached hydrogens (primary N) is 1. The van der Waals surface area contributed by atoms with Crippen LogP contribution >= 0.6 is 0 Å². The summed E-state index contributed by atoms with van der Waals surface area (Å²) in [7, 11) is 0. The van der Waals surface area contributed by atoms with Crippen LogP contribution in [0.15, 0.2) is 59.5 Å². The highest BCUT2D eigenvalue weighted by Crippen LogP contribution is 2.22. The van der Waals surface area contributed by atoms with Crippen LogP contribution in [0.3, 0.4) is 0 Å². The maximum absolute atomic E-state index is 12.8. The molecule has 0 aliphatic carbocycles. The highest BCUT2D eigenvalue weighted by molar-refractivity contribution is 6.04. The minimum atomic E-state index is -0.371. The van der Waals surface area contributed by atoms with Crippen molar-refractivity contribution in [1.29, 1.82) is 0 Å². The van der Waals surface area contributed by atoms with Gasteiger partial charge in [0.2, 0.25) is 0 Å². The highest BCUT2D eigenvalue weighted by Gasteiger charge is 2.14. The van der Waals surface area contributed by atoms with Gasteiger partial charge in [-0.1, -0.05) is 6.07 Å². The Kier molecular flexibility index (Phi) is 6.81. The molecule has 4 rings (SSSR count). The van der Waals surface area contributed by atoms with Crippen LogP contribution in [0.5, 0.6) is 0 Å². The van der Waals surface area contributed by atoms with Crippen LogP contribution in [0.1, 0.15) is 29.6 Å². The van der Waals surface area contributed by atoms with Gasteiger partial charge in [0.15, 0.2) is 0 Å². The van der Waals surface area contributed by atoms with Crippen molar-refractivity contribution in [3.63, 3.8) is 0 Å². The smallest absolute Gasteiger partial charge is 0.271 e. The number of rotatable bonds is 7. The van der Waals surface area contributed by atoms with Crippen molar-refractivity contribution < 1.29 is 4.79 Å². The van der Waals surface area contributed by atoms with Gasteiger partial charge in [0.1, 0.15) is 11.5 Å². The van der Waals surface area contributed by atoms with Crippen molar-refractivity contribution in [3.8, 4) is 11.3 Å². The van der Waals surface area contributed by atoms with Crippen LogP contribution in [-0.4, -0.2) is 42.1 Å². The third-order valence-corrected chi connectivity index (χ3v) is 5.50. The maximum atomic E-state index is 12.8. The minimum absolute atomic E-state index is 0.176. The molecule has 0 atom stereocenters. The molecule has 1 aromatic carbocycles. The average molecular weight is 433 g/mol. The van der Waals surface area contributed by atoms with Crippen molar-refractivity contribution in [1.82, 2.24) is 9.97 Å². The Labute approximate surface area is 186 Å². The number of piperidine rings is 1. The molecule has 5 N–H and O–H groups in total. The molecule has 32 heavy (non-hydrogen) atoms. The van der Waals surface area contributed by atoms with Gasteiger partial charge in [0.25, 0.3) is 11.5 Å². The number of nitrogens with one attached hydrogen (secondary N) is 3. The number of hydrogen-bond acceptors (Lipinski definition) is 6. The molecule has 1 saturated heterocycles. The molecule has 3 aromatic rings. The number of nitrogens with zero attached hydrogens (tertiary/aromatic N) is 2. The Hall–Kier alpha value is -3.65. The van der Waals surface area contributed by atoms with Gasteiger partial charge in [-0.2, -0.15) is 0 Å². The number of hydrogen-bond donors (Lipinski definition) is 4. The molecule has 0 spiro atoms. The van der Waals surface area contributed by atoms with Crippen LogP contribution in [0.25, 0.3) is 11.3 Å². The number of anilines is 3. The third-order valence-electron chi connectivity index (χ3n) is 5.50. The largest absolute Gasteiger partial charge is 0.372 e.